The van der Waals surface area contributed by atoms with Crippen molar-refractivity contribution in [2.75, 3.05) is 23.4 Å². The SMILES string of the molecule is Cc1cc(Br)cc(C)c1NC(=O)COC(=O)C1CC(=O)N(c2ccccc2F)C1. The number of hydrogen-bond donors (Lipinski definition) is 1. The van der Waals surface area contributed by atoms with Gasteiger partial charge in [-0.15, -0.1) is 0 Å². The van der Waals surface area contributed by atoms with Gasteiger partial charge >= 0.3 is 5.97 Å². The molecule has 1 N–H and O–H groups in total. The quantitative estimate of drug-likeness (QED) is 0.686. The van der Waals surface area contributed by atoms with Crippen molar-refractivity contribution in [3.8, 4) is 0 Å². The average molecular weight is 463 g/mol. The number of amides is 2. The molecule has 2 aromatic rings. The minimum Gasteiger partial charge on any atom is -0.455 e. The molecule has 1 heterocycles. The third kappa shape index (κ3) is 4.82. The summed E-state index contributed by atoms with van der Waals surface area (Å²) in [5, 5.41) is 2.74. The van der Waals surface area contributed by atoms with Crippen molar-refractivity contribution in [2.24, 2.45) is 5.92 Å². The Labute approximate surface area is 176 Å². The van der Waals surface area contributed by atoms with Gasteiger partial charge in [-0.1, -0.05) is 28.1 Å². The van der Waals surface area contributed by atoms with Crippen LogP contribution in [-0.2, 0) is 19.1 Å². The van der Waals surface area contributed by atoms with Gasteiger partial charge in [0, 0.05) is 23.1 Å². The van der Waals surface area contributed by atoms with Gasteiger partial charge < -0.3 is 15.0 Å². The van der Waals surface area contributed by atoms with Crippen LogP contribution in [0.25, 0.3) is 0 Å². The van der Waals surface area contributed by atoms with E-state index < -0.39 is 30.2 Å². The standard InChI is InChI=1S/C21H20BrFN2O4/c1-12-7-15(22)8-13(2)20(12)24-18(26)11-29-21(28)14-9-19(27)25(10-14)17-6-4-3-5-16(17)23/h3-8,14H,9-11H2,1-2H3,(H,24,26). The number of esters is 1. The van der Waals surface area contributed by atoms with Gasteiger partial charge in [0.1, 0.15) is 5.82 Å². The Morgan fingerprint density at radius 1 is 1.24 bits per heavy atom. The monoisotopic (exact) mass is 462 g/mol. The van der Waals surface area contributed by atoms with Gasteiger partial charge in [-0.2, -0.15) is 0 Å². The lowest BCUT2D eigenvalue weighted by atomic mass is 10.1. The second-order valence-electron chi connectivity index (χ2n) is 6.93. The second kappa shape index (κ2) is 8.73. The van der Waals surface area contributed by atoms with Gasteiger partial charge in [-0.3, -0.25) is 14.4 Å². The molecule has 1 aliphatic heterocycles. The summed E-state index contributed by atoms with van der Waals surface area (Å²) < 4.78 is 19.9. The molecule has 29 heavy (non-hydrogen) atoms. The fourth-order valence-corrected chi connectivity index (χ4v) is 3.99. The van der Waals surface area contributed by atoms with Crippen LogP contribution in [0.1, 0.15) is 17.5 Å². The van der Waals surface area contributed by atoms with E-state index in [1.54, 1.807) is 6.07 Å². The first-order valence-electron chi connectivity index (χ1n) is 9.04. The molecule has 0 bridgehead atoms. The van der Waals surface area contributed by atoms with Crippen LogP contribution in [0.15, 0.2) is 40.9 Å². The normalized spacial score (nSPS) is 16.1. The lowest BCUT2D eigenvalue weighted by Crippen LogP contribution is -2.28. The third-order valence-electron chi connectivity index (χ3n) is 4.71. The van der Waals surface area contributed by atoms with Crippen molar-refractivity contribution in [3.05, 3.63) is 57.8 Å². The zero-order chi connectivity index (χ0) is 21.1. The minimum atomic E-state index is -0.744. The number of aryl methyl sites for hydroxylation is 2. The van der Waals surface area contributed by atoms with Gasteiger partial charge in [0.15, 0.2) is 6.61 Å². The third-order valence-corrected chi connectivity index (χ3v) is 5.17. The number of para-hydroxylation sites is 1. The number of nitrogens with zero attached hydrogens (tertiary/aromatic N) is 1. The average Bonchev–Trinajstić information content (AvgIpc) is 3.04. The molecular formula is C21H20BrFN2O4. The summed E-state index contributed by atoms with van der Waals surface area (Å²) in [6.07, 6.45) is -0.0836. The summed E-state index contributed by atoms with van der Waals surface area (Å²) in [7, 11) is 0. The highest BCUT2D eigenvalue weighted by molar-refractivity contribution is 9.10. The highest BCUT2D eigenvalue weighted by Gasteiger charge is 2.37. The number of carbonyl (C=O) groups is 3. The maximum atomic E-state index is 13.9. The predicted octanol–water partition coefficient (Wildman–Crippen LogP) is 3.74. The number of ether oxygens (including phenoxy) is 1. The van der Waals surface area contributed by atoms with Crippen molar-refractivity contribution in [1.82, 2.24) is 0 Å². The van der Waals surface area contributed by atoms with Crippen LogP contribution in [0.2, 0.25) is 0 Å². The molecule has 2 amide bonds. The summed E-state index contributed by atoms with van der Waals surface area (Å²) in [5.41, 5.74) is 2.54. The van der Waals surface area contributed by atoms with E-state index in [1.807, 2.05) is 26.0 Å². The van der Waals surface area contributed by atoms with Crippen LogP contribution < -0.4 is 10.2 Å². The molecule has 6 nitrogen and oxygen atoms in total. The van der Waals surface area contributed by atoms with E-state index in [-0.39, 0.29) is 24.6 Å². The highest BCUT2D eigenvalue weighted by Crippen LogP contribution is 2.28. The molecule has 1 unspecified atom stereocenters. The van der Waals surface area contributed by atoms with Crippen molar-refractivity contribution in [2.45, 2.75) is 20.3 Å². The highest BCUT2D eigenvalue weighted by atomic mass is 79.9. The number of carbonyl (C=O) groups excluding carboxylic acids is 3. The number of hydrogen-bond acceptors (Lipinski definition) is 4. The van der Waals surface area contributed by atoms with Gasteiger partial charge in [-0.05, 0) is 49.2 Å². The van der Waals surface area contributed by atoms with E-state index in [2.05, 4.69) is 21.2 Å². The number of rotatable bonds is 5. The summed E-state index contributed by atoms with van der Waals surface area (Å²) in [4.78, 5) is 37.9. The number of halogens is 2. The smallest absolute Gasteiger partial charge is 0.311 e. The maximum Gasteiger partial charge on any atom is 0.311 e. The summed E-state index contributed by atoms with van der Waals surface area (Å²) >= 11 is 3.39. The first kappa shape index (κ1) is 21.0. The number of nitrogens with one attached hydrogen (secondary N) is 1. The summed E-state index contributed by atoms with van der Waals surface area (Å²) in [5.74, 6) is -2.76. The molecule has 1 saturated heterocycles. The molecule has 0 spiro atoms. The van der Waals surface area contributed by atoms with Crippen molar-refractivity contribution < 1.29 is 23.5 Å². The molecule has 8 heteroatoms. The molecule has 0 aromatic heterocycles. The van der Waals surface area contributed by atoms with Gasteiger partial charge in [0.05, 0.1) is 11.6 Å². The van der Waals surface area contributed by atoms with Crippen LogP contribution in [0.5, 0.6) is 0 Å². The topological polar surface area (TPSA) is 75.7 Å². The van der Waals surface area contributed by atoms with Crippen molar-refractivity contribution in [3.63, 3.8) is 0 Å². The second-order valence-corrected chi connectivity index (χ2v) is 7.84. The number of benzene rings is 2. The fraction of sp³-hybridized carbons (Fsp3) is 0.286. The molecule has 0 radical (unpaired) electrons. The first-order chi connectivity index (χ1) is 13.8. The van der Waals surface area contributed by atoms with E-state index in [0.29, 0.717) is 5.69 Å². The lowest BCUT2D eigenvalue weighted by Gasteiger charge is -2.17. The molecule has 1 fully saturated rings. The first-order valence-corrected chi connectivity index (χ1v) is 9.83. The molecule has 0 saturated carbocycles. The van der Waals surface area contributed by atoms with Crippen LogP contribution >= 0.6 is 15.9 Å². The molecule has 1 atom stereocenters. The maximum absolute atomic E-state index is 13.9. The van der Waals surface area contributed by atoms with Gasteiger partial charge in [-0.25, -0.2) is 4.39 Å². The predicted molar refractivity (Wildman–Crippen MR) is 110 cm³/mol. The molecular weight excluding hydrogens is 443 g/mol. The molecule has 1 aliphatic rings. The summed E-state index contributed by atoms with van der Waals surface area (Å²) in [6, 6.07) is 9.63. The Kier molecular flexibility index (Phi) is 6.32. The lowest BCUT2D eigenvalue weighted by molar-refractivity contribution is -0.151. The Balaban J connectivity index is 1.57. The molecule has 0 aliphatic carbocycles. The summed E-state index contributed by atoms with van der Waals surface area (Å²) in [6.45, 7) is 3.28. The van der Waals surface area contributed by atoms with Crippen LogP contribution in [-0.4, -0.2) is 30.9 Å². The Bertz CT molecular complexity index is 956. The van der Waals surface area contributed by atoms with Gasteiger partial charge in [0.25, 0.3) is 5.91 Å². The van der Waals surface area contributed by atoms with Crippen LogP contribution in [0.3, 0.4) is 0 Å². The van der Waals surface area contributed by atoms with E-state index in [9.17, 15) is 18.8 Å². The Hall–Kier alpha value is -2.74. The Morgan fingerprint density at radius 2 is 1.90 bits per heavy atom. The zero-order valence-corrected chi connectivity index (χ0v) is 17.6. The van der Waals surface area contributed by atoms with Gasteiger partial charge in [0.2, 0.25) is 5.91 Å². The van der Waals surface area contributed by atoms with Crippen LogP contribution in [0, 0.1) is 25.6 Å². The van der Waals surface area contributed by atoms with E-state index in [4.69, 9.17) is 4.74 Å². The van der Waals surface area contributed by atoms with E-state index in [0.717, 1.165) is 15.6 Å². The fourth-order valence-electron chi connectivity index (χ4n) is 3.31. The number of anilines is 2. The molecule has 152 valence electrons. The zero-order valence-electron chi connectivity index (χ0n) is 16.0. The Morgan fingerprint density at radius 3 is 2.55 bits per heavy atom. The van der Waals surface area contributed by atoms with E-state index >= 15 is 0 Å². The van der Waals surface area contributed by atoms with Crippen LogP contribution in [0.4, 0.5) is 15.8 Å². The minimum absolute atomic E-state index is 0.0190. The van der Waals surface area contributed by atoms with Crippen molar-refractivity contribution >= 4 is 45.1 Å². The largest absolute Gasteiger partial charge is 0.455 e. The van der Waals surface area contributed by atoms with Crippen molar-refractivity contribution in [1.29, 1.82) is 0 Å². The molecule has 2 aromatic carbocycles. The van der Waals surface area contributed by atoms with E-state index in [1.165, 1.54) is 23.1 Å². The molecule has 3 rings (SSSR count).